The summed E-state index contributed by atoms with van der Waals surface area (Å²) in [5.41, 5.74) is 1.93. The monoisotopic (exact) mass is 250 g/mol. The highest BCUT2D eigenvalue weighted by molar-refractivity contribution is 5.89. The second-order valence-electron chi connectivity index (χ2n) is 4.49. The first-order valence-corrected chi connectivity index (χ1v) is 6.33. The Bertz CT molecular complexity index is 380. The number of rotatable bonds is 7. The molecule has 1 unspecified atom stereocenters. The van der Waals surface area contributed by atoms with Crippen LogP contribution in [0, 0.1) is 0 Å². The molecular formula is C14H22N2O2. The summed E-state index contributed by atoms with van der Waals surface area (Å²) in [6.07, 6.45) is 1.75. The van der Waals surface area contributed by atoms with Crippen molar-refractivity contribution >= 4 is 11.6 Å². The quantitative estimate of drug-likeness (QED) is 0.692. The predicted molar refractivity (Wildman–Crippen MR) is 73.4 cm³/mol. The molecule has 100 valence electrons. The molecule has 4 nitrogen and oxygen atoms in total. The Morgan fingerprint density at radius 3 is 2.78 bits per heavy atom. The van der Waals surface area contributed by atoms with E-state index in [2.05, 4.69) is 17.6 Å². The number of carbonyl (C=O) groups excluding carboxylic acids is 1. The van der Waals surface area contributed by atoms with Crippen LogP contribution in [0.3, 0.4) is 0 Å². The van der Waals surface area contributed by atoms with E-state index in [0.717, 1.165) is 24.1 Å². The third-order valence-corrected chi connectivity index (χ3v) is 2.76. The maximum atomic E-state index is 11.1. The lowest BCUT2D eigenvalue weighted by molar-refractivity contribution is -0.114. The lowest BCUT2D eigenvalue weighted by Gasteiger charge is -2.15. The van der Waals surface area contributed by atoms with E-state index in [4.69, 9.17) is 5.11 Å². The van der Waals surface area contributed by atoms with Gasteiger partial charge in [-0.15, -0.1) is 0 Å². The van der Waals surface area contributed by atoms with Gasteiger partial charge in [0.1, 0.15) is 0 Å². The van der Waals surface area contributed by atoms with Crippen LogP contribution in [-0.2, 0) is 11.3 Å². The topological polar surface area (TPSA) is 61.4 Å². The number of para-hydroxylation sites is 1. The highest BCUT2D eigenvalue weighted by Gasteiger charge is 2.05. The van der Waals surface area contributed by atoms with Crippen LogP contribution < -0.4 is 10.6 Å². The van der Waals surface area contributed by atoms with Crippen LogP contribution in [0.1, 0.15) is 32.3 Å². The molecule has 3 N–H and O–H groups in total. The van der Waals surface area contributed by atoms with Crippen molar-refractivity contribution in [2.45, 2.75) is 39.3 Å². The SMILES string of the molecule is CC(=O)Nc1ccccc1CNC(C)CCCO. The Morgan fingerprint density at radius 1 is 1.39 bits per heavy atom. The van der Waals surface area contributed by atoms with E-state index in [1.54, 1.807) is 0 Å². The van der Waals surface area contributed by atoms with Crippen molar-refractivity contribution in [3.63, 3.8) is 0 Å². The Hall–Kier alpha value is -1.39. The fourth-order valence-corrected chi connectivity index (χ4v) is 1.77. The first-order valence-electron chi connectivity index (χ1n) is 6.33. The number of hydrogen-bond acceptors (Lipinski definition) is 3. The van der Waals surface area contributed by atoms with Crippen molar-refractivity contribution in [1.82, 2.24) is 5.32 Å². The van der Waals surface area contributed by atoms with Gasteiger partial charge in [0, 0.05) is 31.8 Å². The van der Waals surface area contributed by atoms with Gasteiger partial charge in [-0.2, -0.15) is 0 Å². The van der Waals surface area contributed by atoms with E-state index in [1.807, 2.05) is 24.3 Å². The molecule has 1 aromatic carbocycles. The zero-order valence-corrected chi connectivity index (χ0v) is 11.1. The van der Waals surface area contributed by atoms with Crippen molar-refractivity contribution in [2.75, 3.05) is 11.9 Å². The van der Waals surface area contributed by atoms with E-state index in [0.29, 0.717) is 12.6 Å². The third-order valence-electron chi connectivity index (χ3n) is 2.76. The maximum Gasteiger partial charge on any atom is 0.221 e. The van der Waals surface area contributed by atoms with Gasteiger partial charge < -0.3 is 15.7 Å². The zero-order valence-electron chi connectivity index (χ0n) is 11.1. The van der Waals surface area contributed by atoms with E-state index in [9.17, 15) is 4.79 Å². The van der Waals surface area contributed by atoms with Gasteiger partial charge in [-0.25, -0.2) is 0 Å². The van der Waals surface area contributed by atoms with E-state index in [-0.39, 0.29) is 12.5 Å². The average Bonchev–Trinajstić information content (AvgIpc) is 2.34. The molecule has 1 rings (SSSR count). The minimum atomic E-state index is -0.0595. The standard InChI is InChI=1S/C14H22N2O2/c1-11(6-5-9-17)15-10-13-7-3-4-8-14(13)16-12(2)18/h3-4,7-8,11,15,17H,5-6,9-10H2,1-2H3,(H,16,18). The number of aliphatic hydroxyl groups is 1. The number of aliphatic hydroxyl groups excluding tert-OH is 1. The van der Waals surface area contributed by atoms with Crippen LogP contribution >= 0.6 is 0 Å². The second-order valence-corrected chi connectivity index (χ2v) is 4.49. The van der Waals surface area contributed by atoms with Gasteiger partial charge in [-0.05, 0) is 31.4 Å². The summed E-state index contributed by atoms with van der Waals surface area (Å²) in [6, 6.07) is 8.11. The number of benzene rings is 1. The molecule has 18 heavy (non-hydrogen) atoms. The molecular weight excluding hydrogens is 228 g/mol. The molecule has 0 radical (unpaired) electrons. The smallest absolute Gasteiger partial charge is 0.221 e. The summed E-state index contributed by atoms with van der Waals surface area (Å²) in [4.78, 5) is 11.1. The Kier molecular flexibility index (Phi) is 6.39. The fourth-order valence-electron chi connectivity index (χ4n) is 1.77. The first kappa shape index (κ1) is 14.7. The van der Waals surface area contributed by atoms with Gasteiger partial charge >= 0.3 is 0 Å². The van der Waals surface area contributed by atoms with Crippen LogP contribution in [0.15, 0.2) is 24.3 Å². The van der Waals surface area contributed by atoms with Gasteiger partial charge in [0.2, 0.25) is 5.91 Å². The van der Waals surface area contributed by atoms with Crippen molar-refractivity contribution in [3.8, 4) is 0 Å². The van der Waals surface area contributed by atoms with Gasteiger partial charge in [0.05, 0.1) is 0 Å². The lowest BCUT2D eigenvalue weighted by Crippen LogP contribution is -2.26. The summed E-state index contributed by atoms with van der Waals surface area (Å²) in [6.45, 7) is 4.54. The number of hydrogen-bond donors (Lipinski definition) is 3. The van der Waals surface area contributed by atoms with Crippen molar-refractivity contribution in [2.24, 2.45) is 0 Å². The van der Waals surface area contributed by atoms with E-state index >= 15 is 0 Å². The number of nitrogens with one attached hydrogen (secondary N) is 2. The molecule has 0 aliphatic heterocycles. The molecule has 0 fully saturated rings. The largest absolute Gasteiger partial charge is 0.396 e. The van der Waals surface area contributed by atoms with Crippen LogP contribution in [-0.4, -0.2) is 23.7 Å². The number of carbonyl (C=O) groups is 1. The Balaban J connectivity index is 2.53. The zero-order chi connectivity index (χ0) is 13.4. The van der Waals surface area contributed by atoms with Crippen molar-refractivity contribution in [1.29, 1.82) is 0 Å². The van der Waals surface area contributed by atoms with Crippen LogP contribution in [0.25, 0.3) is 0 Å². The van der Waals surface area contributed by atoms with Gasteiger partial charge in [0.25, 0.3) is 0 Å². The molecule has 1 amide bonds. The van der Waals surface area contributed by atoms with E-state index < -0.39 is 0 Å². The van der Waals surface area contributed by atoms with Crippen LogP contribution in [0.2, 0.25) is 0 Å². The lowest BCUT2D eigenvalue weighted by atomic mass is 10.1. The fraction of sp³-hybridized carbons (Fsp3) is 0.500. The number of amides is 1. The molecule has 0 saturated heterocycles. The van der Waals surface area contributed by atoms with Gasteiger partial charge in [-0.1, -0.05) is 18.2 Å². The van der Waals surface area contributed by atoms with Crippen molar-refractivity contribution in [3.05, 3.63) is 29.8 Å². The highest BCUT2D eigenvalue weighted by Crippen LogP contribution is 2.15. The summed E-state index contributed by atoms with van der Waals surface area (Å²) in [5, 5.41) is 15.0. The molecule has 1 atom stereocenters. The Morgan fingerprint density at radius 2 is 2.11 bits per heavy atom. The normalized spacial score (nSPS) is 12.2. The molecule has 0 spiro atoms. The summed E-state index contributed by atoms with van der Waals surface area (Å²) >= 11 is 0. The minimum Gasteiger partial charge on any atom is -0.396 e. The third kappa shape index (κ3) is 5.29. The minimum absolute atomic E-state index is 0.0595. The van der Waals surface area contributed by atoms with Crippen molar-refractivity contribution < 1.29 is 9.90 Å². The molecule has 0 bridgehead atoms. The van der Waals surface area contributed by atoms with E-state index in [1.165, 1.54) is 6.92 Å². The van der Waals surface area contributed by atoms with Crippen LogP contribution in [0.4, 0.5) is 5.69 Å². The molecule has 0 saturated carbocycles. The molecule has 0 aromatic heterocycles. The molecule has 0 aliphatic carbocycles. The summed E-state index contributed by atoms with van der Waals surface area (Å²) < 4.78 is 0. The number of anilines is 1. The molecule has 0 aliphatic rings. The molecule has 0 heterocycles. The first-order chi connectivity index (χ1) is 8.63. The predicted octanol–water partition coefficient (Wildman–Crippen LogP) is 1.90. The average molecular weight is 250 g/mol. The van der Waals surface area contributed by atoms with Gasteiger partial charge in [-0.3, -0.25) is 4.79 Å². The molecule has 1 aromatic rings. The molecule has 4 heteroatoms. The summed E-state index contributed by atoms with van der Waals surface area (Å²) in [7, 11) is 0. The van der Waals surface area contributed by atoms with Crippen LogP contribution in [0.5, 0.6) is 0 Å². The van der Waals surface area contributed by atoms with Gasteiger partial charge in [0.15, 0.2) is 0 Å². The second kappa shape index (κ2) is 7.84. The Labute approximate surface area is 108 Å². The summed E-state index contributed by atoms with van der Waals surface area (Å²) in [5.74, 6) is -0.0595. The maximum absolute atomic E-state index is 11.1. The highest BCUT2D eigenvalue weighted by atomic mass is 16.2.